The number of benzene rings is 1. The number of hydrogen-bond donors (Lipinski definition) is 1. The van der Waals surface area contributed by atoms with E-state index in [0.717, 1.165) is 16.9 Å². The minimum absolute atomic E-state index is 0.00616. The van der Waals surface area contributed by atoms with Crippen molar-refractivity contribution in [2.75, 3.05) is 19.8 Å². The van der Waals surface area contributed by atoms with Gasteiger partial charge >= 0.3 is 6.03 Å². The molecule has 6 nitrogen and oxygen atoms in total. The molecule has 1 saturated heterocycles. The van der Waals surface area contributed by atoms with Crippen molar-refractivity contribution < 1.29 is 9.53 Å². The summed E-state index contributed by atoms with van der Waals surface area (Å²) in [6.07, 6.45) is 4.36. The molecule has 132 valence electrons. The fourth-order valence-electron chi connectivity index (χ4n) is 3.45. The highest BCUT2D eigenvalue weighted by atomic mass is 16.5. The minimum Gasteiger partial charge on any atom is -0.377 e. The number of morpholine rings is 1. The number of aromatic nitrogens is 2. The van der Waals surface area contributed by atoms with Gasteiger partial charge in [-0.05, 0) is 43.4 Å². The lowest BCUT2D eigenvalue weighted by Crippen LogP contribution is -2.53. The Morgan fingerprint density at radius 2 is 2.16 bits per heavy atom. The predicted molar refractivity (Wildman–Crippen MR) is 94.6 cm³/mol. The van der Waals surface area contributed by atoms with Crippen molar-refractivity contribution in [2.45, 2.75) is 32.4 Å². The molecule has 2 aromatic rings. The molecular weight excluding hydrogens is 316 g/mol. The van der Waals surface area contributed by atoms with E-state index in [0.29, 0.717) is 32.2 Å². The van der Waals surface area contributed by atoms with E-state index in [1.165, 1.54) is 12.8 Å². The first-order valence-electron chi connectivity index (χ1n) is 8.95. The molecule has 0 bridgehead atoms. The maximum atomic E-state index is 12.7. The number of urea groups is 1. The molecule has 2 fully saturated rings. The lowest BCUT2D eigenvalue weighted by atomic mass is 10.1. The van der Waals surface area contributed by atoms with E-state index in [2.05, 4.69) is 10.4 Å². The van der Waals surface area contributed by atoms with E-state index in [9.17, 15) is 4.79 Å². The van der Waals surface area contributed by atoms with Gasteiger partial charge < -0.3 is 15.0 Å². The lowest BCUT2D eigenvalue weighted by molar-refractivity contribution is 0.00463. The number of carbonyl (C=O) groups is 1. The first kappa shape index (κ1) is 16.1. The van der Waals surface area contributed by atoms with Gasteiger partial charge in [-0.1, -0.05) is 18.2 Å². The van der Waals surface area contributed by atoms with Crippen LogP contribution >= 0.6 is 0 Å². The van der Waals surface area contributed by atoms with Crippen molar-refractivity contribution in [3.8, 4) is 5.69 Å². The summed E-state index contributed by atoms with van der Waals surface area (Å²) >= 11 is 0. The van der Waals surface area contributed by atoms with E-state index in [4.69, 9.17) is 4.74 Å². The van der Waals surface area contributed by atoms with Crippen molar-refractivity contribution >= 4 is 6.03 Å². The molecule has 0 radical (unpaired) electrons. The van der Waals surface area contributed by atoms with E-state index in [1.54, 1.807) is 0 Å². The molecule has 1 aromatic heterocycles. The van der Waals surface area contributed by atoms with E-state index in [-0.39, 0.29) is 12.1 Å². The molecule has 1 aliphatic heterocycles. The third-order valence-corrected chi connectivity index (χ3v) is 4.98. The number of rotatable bonds is 4. The number of nitrogens with one attached hydrogen (secondary N) is 1. The predicted octanol–water partition coefficient (Wildman–Crippen LogP) is 2.50. The SMILES string of the molecule is Cc1ccn(-c2ccccc2CNC(=O)N2CCOC[C@H]2C2CC2)n1. The second kappa shape index (κ2) is 6.88. The zero-order valence-corrected chi connectivity index (χ0v) is 14.5. The molecule has 2 aliphatic rings. The summed E-state index contributed by atoms with van der Waals surface area (Å²) in [6.45, 7) is 4.42. The van der Waals surface area contributed by atoms with Crippen LogP contribution in [0.15, 0.2) is 36.5 Å². The number of hydrogen-bond acceptors (Lipinski definition) is 3. The van der Waals surface area contributed by atoms with Crippen LogP contribution in [0.4, 0.5) is 4.79 Å². The van der Waals surface area contributed by atoms with Crippen molar-refractivity contribution in [3.05, 3.63) is 47.8 Å². The molecule has 25 heavy (non-hydrogen) atoms. The maximum absolute atomic E-state index is 12.7. The molecule has 0 spiro atoms. The Morgan fingerprint density at radius 1 is 1.32 bits per heavy atom. The number of nitrogens with zero attached hydrogens (tertiary/aromatic N) is 3. The topological polar surface area (TPSA) is 59.4 Å². The first-order chi connectivity index (χ1) is 12.2. The standard InChI is InChI=1S/C19H24N4O2/c1-14-8-9-23(21-14)17-5-3-2-4-16(17)12-20-19(24)22-10-11-25-13-18(22)15-6-7-15/h2-5,8-9,15,18H,6-7,10-13H2,1H3,(H,20,24)/t18-/m0/s1. The number of ether oxygens (including phenoxy) is 1. The Morgan fingerprint density at radius 3 is 2.92 bits per heavy atom. The second-order valence-corrected chi connectivity index (χ2v) is 6.86. The highest BCUT2D eigenvalue weighted by Crippen LogP contribution is 2.36. The van der Waals surface area contributed by atoms with Gasteiger partial charge in [0.05, 0.1) is 30.6 Å². The summed E-state index contributed by atoms with van der Waals surface area (Å²) in [5, 5.41) is 7.57. The average Bonchev–Trinajstić information content (AvgIpc) is 3.41. The minimum atomic E-state index is 0.00616. The summed E-state index contributed by atoms with van der Waals surface area (Å²) in [7, 11) is 0. The van der Waals surface area contributed by atoms with Crippen LogP contribution in [0.25, 0.3) is 5.69 Å². The van der Waals surface area contributed by atoms with Gasteiger partial charge in [0.1, 0.15) is 0 Å². The van der Waals surface area contributed by atoms with Crippen LogP contribution in [0.1, 0.15) is 24.1 Å². The van der Waals surface area contributed by atoms with Crippen LogP contribution in [0.3, 0.4) is 0 Å². The number of aryl methyl sites for hydroxylation is 1. The maximum Gasteiger partial charge on any atom is 0.318 e. The van der Waals surface area contributed by atoms with Crippen molar-refractivity contribution in [1.82, 2.24) is 20.0 Å². The molecule has 4 rings (SSSR count). The highest BCUT2D eigenvalue weighted by molar-refractivity contribution is 5.75. The molecular formula is C19H24N4O2. The van der Waals surface area contributed by atoms with Gasteiger partial charge in [0, 0.05) is 19.3 Å². The molecule has 1 saturated carbocycles. The van der Waals surface area contributed by atoms with Crippen molar-refractivity contribution in [2.24, 2.45) is 5.92 Å². The molecule has 0 unspecified atom stereocenters. The Labute approximate surface area is 147 Å². The van der Waals surface area contributed by atoms with Crippen LogP contribution in [0.5, 0.6) is 0 Å². The van der Waals surface area contributed by atoms with Gasteiger partial charge in [0.25, 0.3) is 0 Å². The third kappa shape index (κ3) is 3.54. The normalized spacial score (nSPS) is 20.5. The quantitative estimate of drug-likeness (QED) is 0.930. The Kier molecular flexibility index (Phi) is 4.44. The number of carbonyl (C=O) groups excluding carboxylic acids is 1. The molecule has 1 atom stereocenters. The molecule has 1 N–H and O–H groups in total. The van der Waals surface area contributed by atoms with E-state index in [1.807, 2.05) is 53.0 Å². The Hall–Kier alpha value is -2.34. The largest absolute Gasteiger partial charge is 0.377 e. The summed E-state index contributed by atoms with van der Waals surface area (Å²) in [6, 6.07) is 10.2. The molecule has 1 aliphatic carbocycles. The third-order valence-electron chi connectivity index (χ3n) is 4.98. The summed E-state index contributed by atoms with van der Waals surface area (Å²) in [5.41, 5.74) is 3.02. The van der Waals surface area contributed by atoms with Crippen LogP contribution in [0, 0.1) is 12.8 Å². The smallest absolute Gasteiger partial charge is 0.318 e. The first-order valence-corrected chi connectivity index (χ1v) is 8.95. The van der Waals surface area contributed by atoms with Crippen molar-refractivity contribution in [1.29, 1.82) is 0 Å². The zero-order valence-electron chi connectivity index (χ0n) is 14.5. The summed E-state index contributed by atoms with van der Waals surface area (Å²) < 4.78 is 7.43. The molecule has 1 aromatic carbocycles. The number of para-hydroxylation sites is 1. The van der Waals surface area contributed by atoms with E-state index >= 15 is 0 Å². The lowest BCUT2D eigenvalue weighted by Gasteiger charge is -2.35. The van der Waals surface area contributed by atoms with Gasteiger partial charge in [-0.3, -0.25) is 0 Å². The number of amides is 2. The van der Waals surface area contributed by atoms with Crippen LogP contribution in [0.2, 0.25) is 0 Å². The molecule has 2 amide bonds. The Bertz CT molecular complexity index is 753. The highest BCUT2D eigenvalue weighted by Gasteiger charge is 2.39. The molecule has 2 heterocycles. The zero-order chi connectivity index (χ0) is 17.2. The summed E-state index contributed by atoms with van der Waals surface area (Å²) in [5.74, 6) is 0.616. The fraction of sp³-hybridized carbons (Fsp3) is 0.474. The monoisotopic (exact) mass is 340 g/mol. The van der Waals surface area contributed by atoms with Gasteiger partial charge in [0.15, 0.2) is 0 Å². The average molecular weight is 340 g/mol. The molecule has 6 heteroatoms. The fourth-order valence-corrected chi connectivity index (χ4v) is 3.45. The van der Waals surface area contributed by atoms with Crippen LogP contribution in [-0.2, 0) is 11.3 Å². The van der Waals surface area contributed by atoms with Gasteiger partial charge in [0.2, 0.25) is 0 Å². The van der Waals surface area contributed by atoms with Crippen LogP contribution < -0.4 is 5.32 Å². The summed E-state index contributed by atoms with van der Waals surface area (Å²) in [4.78, 5) is 14.7. The van der Waals surface area contributed by atoms with Gasteiger partial charge in [-0.25, -0.2) is 9.48 Å². The second-order valence-electron chi connectivity index (χ2n) is 6.86. The van der Waals surface area contributed by atoms with Gasteiger partial charge in [-0.2, -0.15) is 5.10 Å². The van der Waals surface area contributed by atoms with Gasteiger partial charge in [-0.15, -0.1) is 0 Å². The van der Waals surface area contributed by atoms with E-state index < -0.39 is 0 Å². The van der Waals surface area contributed by atoms with Crippen molar-refractivity contribution in [3.63, 3.8) is 0 Å². The van der Waals surface area contributed by atoms with Crippen LogP contribution in [-0.4, -0.2) is 46.5 Å². The Balaban J connectivity index is 1.45.